The second-order valence-corrected chi connectivity index (χ2v) is 5.98. The summed E-state index contributed by atoms with van der Waals surface area (Å²) in [7, 11) is -3.36. The van der Waals surface area contributed by atoms with Crippen LogP contribution in [0.1, 0.15) is 11.7 Å². The van der Waals surface area contributed by atoms with Crippen LogP contribution in [0.15, 0.2) is 34.3 Å². The Bertz CT molecular complexity index is 585. The van der Waals surface area contributed by atoms with Gasteiger partial charge < -0.3 is 4.74 Å². The molecule has 0 aromatic heterocycles. The van der Waals surface area contributed by atoms with E-state index in [4.69, 9.17) is 10.3 Å². The molecule has 0 spiro atoms. The topological polar surface area (TPSA) is 92.1 Å². The first-order valence-corrected chi connectivity index (χ1v) is 7.41. The first-order valence-electron chi connectivity index (χ1n) is 5.51. The zero-order chi connectivity index (χ0) is 15.2. The summed E-state index contributed by atoms with van der Waals surface area (Å²) in [6.45, 7) is -2.21. The molecule has 20 heavy (non-hydrogen) atoms. The van der Waals surface area contributed by atoms with Gasteiger partial charge in [-0.15, -0.1) is 0 Å². The minimum Gasteiger partial charge on any atom is -0.342 e. The summed E-state index contributed by atoms with van der Waals surface area (Å²) in [5, 5.41) is 3.20. The Balaban J connectivity index is 3.12. The van der Waals surface area contributed by atoms with Crippen LogP contribution in [0.5, 0.6) is 0 Å². The van der Waals surface area contributed by atoms with Gasteiger partial charge in [0.1, 0.15) is 6.67 Å². The van der Waals surface area contributed by atoms with E-state index in [-0.39, 0.29) is 4.90 Å². The molecule has 0 aliphatic carbocycles. The minimum atomic E-state index is -3.36. The Morgan fingerprint density at radius 2 is 1.95 bits per heavy atom. The highest BCUT2D eigenvalue weighted by Gasteiger charge is 2.23. The van der Waals surface area contributed by atoms with Gasteiger partial charge in [0.2, 0.25) is 0 Å². The summed E-state index contributed by atoms with van der Waals surface area (Å²) >= 11 is 0. The van der Waals surface area contributed by atoms with Gasteiger partial charge in [-0.3, -0.25) is 4.39 Å². The molecule has 0 saturated carbocycles. The molecule has 110 valence electrons. The first kappa shape index (κ1) is 16.4. The average molecular weight is 305 g/mol. The predicted octanol–water partition coefficient (Wildman–Crippen LogP) is 2.72. The molecular weight excluding hydrogens is 292 g/mol. The third-order valence-electron chi connectivity index (χ3n) is 2.59. The van der Waals surface area contributed by atoms with E-state index in [1.807, 2.05) is 0 Å². The molecule has 0 N–H and O–H groups in total. The molecule has 0 saturated heterocycles. The number of nitrogens with zero attached hydrogens (tertiary/aromatic N) is 3. The zero-order valence-corrected chi connectivity index (χ0v) is 11.4. The smallest absolute Gasteiger partial charge is 0.189 e. The van der Waals surface area contributed by atoms with Crippen LogP contribution in [0.2, 0.25) is 0 Å². The quantitative estimate of drug-likeness (QED) is 0.440. The summed E-state index contributed by atoms with van der Waals surface area (Å²) in [5.74, 6) is 0. The van der Waals surface area contributed by atoms with Crippen LogP contribution < -0.4 is 0 Å². The molecule has 0 unspecified atom stereocenters. The van der Waals surface area contributed by atoms with Gasteiger partial charge in [-0.25, -0.2) is 12.8 Å². The van der Waals surface area contributed by atoms with Gasteiger partial charge in [-0.05, 0) is 23.2 Å². The average Bonchev–Trinajstić information content (AvgIpc) is 2.42. The van der Waals surface area contributed by atoms with E-state index < -0.39 is 35.5 Å². The molecule has 9 heteroatoms. The number of hydrogen-bond acceptors (Lipinski definition) is 4. The Kier molecular flexibility index (Phi) is 5.87. The Labute approximate surface area is 114 Å². The molecule has 1 aromatic rings. The van der Waals surface area contributed by atoms with Crippen molar-refractivity contribution >= 4 is 9.84 Å². The van der Waals surface area contributed by atoms with Crippen LogP contribution in [-0.4, -0.2) is 34.3 Å². The minimum absolute atomic E-state index is 0.0702. The highest BCUT2D eigenvalue weighted by atomic mass is 32.2. The predicted molar refractivity (Wildman–Crippen MR) is 68.3 cm³/mol. The van der Waals surface area contributed by atoms with Crippen molar-refractivity contribution in [3.63, 3.8) is 0 Å². The summed E-state index contributed by atoms with van der Waals surface area (Å²) in [5.41, 5.74) is 8.67. The van der Waals surface area contributed by atoms with Crippen molar-refractivity contribution in [2.45, 2.75) is 17.0 Å². The van der Waals surface area contributed by atoms with Crippen molar-refractivity contribution in [3.8, 4) is 0 Å². The molecule has 0 radical (unpaired) electrons. The van der Waals surface area contributed by atoms with Crippen molar-refractivity contribution < 1.29 is 21.9 Å². The van der Waals surface area contributed by atoms with Crippen LogP contribution >= 0.6 is 0 Å². The number of alkyl halides is 2. The second kappa shape index (κ2) is 7.18. The number of rotatable bonds is 7. The van der Waals surface area contributed by atoms with Gasteiger partial charge >= 0.3 is 0 Å². The van der Waals surface area contributed by atoms with E-state index in [1.165, 1.54) is 24.3 Å². The van der Waals surface area contributed by atoms with Gasteiger partial charge in [0, 0.05) is 11.2 Å². The third-order valence-corrected chi connectivity index (χ3v) is 3.72. The highest BCUT2D eigenvalue weighted by molar-refractivity contribution is 7.90. The Morgan fingerprint density at radius 1 is 1.35 bits per heavy atom. The van der Waals surface area contributed by atoms with Crippen molar-refractivity contribution in [1.82, 2.24) is 0 Å². The maximum atomic E-state index is 12.8. The standard InChI is InChI=1S/C11H13F2N3O3S/c1-20(17,18)9-4-2-8(3-5-9)11(19-7-13)10(6-12)15-16-14/h2-5,10-11H,6-7H2,1H3/t10-,11-/m1/s1. The van der Waals surface area contributed by atoms with Crippen molar-refractivity contribution in [3.05, 3.63) is 40.3 Å². The van der Waals surface area contributed by atoms with E-state index in [1.54, 1.807) is 0 Å². The molecule has 0 heterocycles. The number of hydrogen-bond donors (Lipinski definition) is 0. The Hall–Kier alpha value is -1.70. The lowest BCUT2D eigenvalue weighted by atomic mass is 10.0. The van der Waals surface area contributed by atoms with Crippen molar-refractivity contribution in [1.29, 1.82) is 0 Å². The number of ether oxygens (including phenoxy) is 1. The van der Waals surface area contributed by atoms with Gasteiger partial charge in [-0.2, -0.15) is 0 Å². The van der Waals surface area contributed by atoms with Gasteiger partial charge in [0.15, 0.2) is 16.7 Å². The Morgan fingerprint density at radius 3 is 2.35 bits per heavy atom. The molecule has 0 fully saturated rings. The highest BCUT2D eigenvalue weighted by Crippen LogP contribution is 2.25. The summed E-state index contributed by atoms with van der Waals surface area (Å²) < 4.78 is 52.5. The van der Waals surface area contributed by atoms with E-state index in [2.05, 4.69) is 10.0 Å². The fourth-order valence-corrected chi connectivity index (χ4v) is 2.27. The van der Waals surface area contributed by atoms with Crippen molar-refractivity contribution in [2.24, 2.45) is 5.11 Å². The van der Waals surface area contributed by atoms with E-state index in [0.29, 0.717) is 5.56 Å². The van der Waals surface area contributed by atoms with E-state index >= 15 is 0 Å². The lowest BCUT2D eigenvalue weighted by Crippen LogP contribution is -2.21. The van der Waals surface area contributed by atoms with Crippen molar-refractivity contribution in [2.75, 3.05) is 19.8 Å². The lowest BCUT2D eigenvalue weighted by Gasteiger charge is -2.20. The molecule has 1 aromatic carbocycles. The van der Waals surface area contributed by atoms with Crippen LogP contribution in [0.3, 0.4) is 0 Å². The summed E-state index contributed by atoms with van der Waals surface area (Å²) in [6, 6.07) is 4.10. The number of sulfone groups is 1. The molecule has 2 atom stereocenters. The molecular formula is C11H13F2N3O3S. The fourth-order valence-electron chi connectivity index (χ4n) is 1.64. The maximum Gasteiger partial charge on any atom is 0.189 e. The zero-order valence-electron chi connectivity index (χ0n) is 10.6. The molecule has 0 aliphatic rings. The SMILES string of the molecule is CS(=O)(=O)c1ccc([C@@H](OCF)[C@@H](CF)N=[N+]=[N-])cc1. The van der Waals surface area contributed by atoms with E-state index in [9.17, 15) is 17.2 Å². The molecule has 6 nitrogen and oxygen atoms in total. The van der Waals surface area contributed by atoms with Crippen LogP contribution in [-0.2, 0) is 14.6 Å². The normalized spacial score (nSPS) is 14.3. The van der Waals surface area contributed by atoms with E-state index in [0.717, 1.165) is 6.26 Å². The number of azide groups is 1. The third kappa shape index (κ3) is 4.16. The monoisotopic (exact) mass is 305 g/mol. The first-order chi connectivity index (χ1) is 9.43. The number of benzene rings is 1. The maximum absolute atomic E-state index is 12.8. The molecule has 0 aliphatic heterocycles. The summed E-state index contributed by atoms with van der Waals surface area (Å²) in [4.78, 5) is 2.55. The molecule has 1 rings (SSSR count). The van der Waals surface area contributed by atoms with Crippen LogP contribution in [0.4, 0.5) is 8.78 Å². The van der Waals surface area contributed by atoms with Gasteiger partial charge in [0.05, 0.1) is 17.0 Å². The second-order valence-electron chi connectivity index (χ2n) is 3.96. The molecule has 0 bridgehead atoms. The van der Waals surface area contributed by atoms with Crippen LogP contribution in [0, 0.1) is 0 Å². The molecule has 0 amide bonds. The van der Waals surface area contributed by atoms with Gasteiger partial charge in [-0.1, -0.05) is 17.2 Å². The number of halogens is 2. The lowest BCUT2D eigenvalue weighted by molar-refractivity contribution is -0.0223. The fraction of sp³-hybridized carbons (Fsp3) is 0.455. The summed E-state index contributed by atoms with van der Waals surface area (Å²) in [6.07, 6.45) is -0.0726. The van der Waals surface area contributed by atoms with Gasteiger partial charge in [0.25, 0.3) is 0 Å². The largest absolute Gasteiger partial charge is 0.342 e. The van der Waals surface area contributed by atoms with Crippen LogP contribution in [0.25, 0.3) is 10.4 Å².